The predicted octanol–water partition coefficient (Wildman–Crippen LogP) is 3.88. The van der Waals surface area contributed by atoms with Gasteiger partial charge in [-0.1, -0.05) is 0 Å². The molecule has 1 aliphatic rings. The molecule has 0 bridgehead atoms. The lowest BCUT2D eigenvalue weighted by atomic mass is 10.1. The van der Waals surface area contributed by atoms with Crippen LogP contribution in [-0.2, 0) is 0 Å². The Bertz CT molecular complexity index is 793. The largest absolute Gasteiger partial charge is 0.492 e. The number of rotatable bonds is 5. The second-order valence-electron chi connectivity index (χ2n) is 5.24. The van der Waals surface area contributed by atoms with Gasteiger partial charge in [0.1, 0.15) is 13.2 Å². The molecule has 1 heterocycles. The van der Waals surface area contributed by atoms with Gasteiger partial charge >= 0.3 is 0 Å². The molecule has 0 spiro atoms. The molecule has 1 aliphatic heterocycles. The Morgan fingerprint density at radius 2 is 1.96 bits per heavy atom. The number of ether oxygens (including phenoxy) is 4. The molecular formula is C18H18BrNO5. The Labute approximate surface area is 154 Å². The van der Waals surface area contributed by atoms with Gasteiger partial charge in [0.15, 0.2) is 23.0 Å². The summed E-state index contributed by atoms with van der Waals surface area (Å²) in [6.07, 6.45) is 0. The van der Waals surface area contributed by atoms with Crippen molar-refractivity contribution in [1.82, 2.24) is 0 Å². The molecule has 0 fully saturated rings. The molecule has 1 amide bonds. The molecule has 0 radical (unpaired) electrons. The van der Waals surface area contributed by atoms with Crippen LogP contribution in [0.4, 0.5) is 5.69 Å². The first-order valence-electron chi connectivity index (χ1n) is 7.83. The highest BCUT2D eigenvalue weighted by molar-refractivity contribution is 9.10. The van der Waals surface area contributed by atoms with E-state index >= 15 is 0 Å². The maximum Gasteiger partial charge on any atom is 0.255 e. The van der Waals surface area contributed by atoms with Crippen LogP contribution in [0, 0.1) is 0 Å². The standard InChI is InChI=1S/C18H18BrNO5/c1-3-23-16-9-11(8-13(19)17(16)22-2)18(21)20-12-4-5-14-15(10-12)25-7-6-24-14/h4-5,8-10H,3,6-7H2,1-2H3,(H,20,21). The Morgan fingerprint density at radius 1 is 1.20 bits per heavy atom. The van der Waals surface area contributed by atoms with Crippen LogP contribution in [0.15, 0.2) is 34.8 Å². The molecule has 1 N–H and O–H groups in total. The third-order valence-electron chi connectivity index (χ3n) is 3.58. The van der Waals surface area contributed by atoms with Crippen LogP contribution in [0.25, 0.3) is 0 Å². The van der Waals surface area contributed by atoms with Crippen LogP contribution in [-0.4, -0.2) is 32.8 Å². The topological polar surface area (TPSA) is 66.0 Å². The van der Waals surface area contributed by atoms with E-state index in [0.717, 1.165) is 0 Å². The van der Waals surface area contributed by atoms with Crippen LogP contribution in [0.1, 0.15) is 17.3 Å². The third kappa shape index (κ3) is 3.82. The molecular weight excluding hydrogens is 390 g/mol. The van der Waals surface area contributed by atoms with Crippen molar-refractivity contribution < 1.29 is 23.7 Å². The summed E-state index contributed by atoms with van der Waals surface area (Å²) >= 11 is 3.41. The highest BCUT2D eigenvalue weighted by Crippen LogP contribution is 2.37. The number of hydrogen-bond donors (Lipinski definition) is 1. The molecule has 0 atom stereocenters. The van der Waals surface area contributed by atoms with Gasteiger partial charge in [-0.2, -0.15) is 0 Å². The van der Waals surface area contributed by atoms with Crippen molar-refractivity contribution in [1.29, 1.82) is 0 Å². The van der Waals surface area contributed by atoms with Gasteiger partial charge in [-0.15, -0.1) is 0 Å². The summed E-state index contributed by atoms with van der Waals surface area (Å²) in [5.41, 5.74) is 1.07. The first kappa shape index (κ1) is 17.4. The molecule has 25 heavy (non-hydrogen) atoms. The average Bonchev–Trinajstić information content (AvgIpc) is 2.61. The number of carbonyl (C=O) groups excluding carboxylic acids is 1. The summed E-state index contributed by atoms with van der Waals surface area (Å²) in [6, 6.07) is 8.64. The smallest absolute Gasteiger partial charge is 0.255 e. The predicted molar refractivity (Wildman–Crippen MR) is 97.2 cm³/mol. The van der Waals surface area contributed by atoms with Gasteiger partial charge in [0.05, 0.1) is 18.2 Å². The van der Waals surface area contributed by atoms with Gasteiger partial charge in [0.2, 0.25) is 0 Å². The maximum atomic E-state index is 12.6. The Morgan fingerprint density at radius 3 is 2.68 bits per heavy atom. The lowest BCUT2D eigenvalue weighted by molar-refractivity contribution is 0.102. The fourth-order valence-corrected chi connectivity index (χ4v) is 3.09. The van der Waals surface area contributed by atoms with Crippen LogP contribution < -0.4 is 24.3 Å². The summed E-state index contributed by atoms with van der Waals surface area (Å²) < 4.78 is 22.5. The monoisotopic (exact) mass is 407 g/mol. The quantitative estimate of drug-likeness (QED) is 0.814. The molecule has 0 saturated heterocycles. The number of fused-ring (bicyclic) bond motifs is 1. The van der Waals surface area contributed by atoms with Crippen molar-refractivity contribution >= 4 is 27.5 Å². The minimum absolute atomic E-state index is 0.263. The molecule has 0 unspecified atom stereocenters. The zero-order valence-corrected chi connectivity index (χ0v) is 15.5. The fraction of sp³-hybridized carbons (Fsp3) is 0.278. The lowest BCUT2D eigenvalue weighted by Gasteiger charge is -2.19. The number of carbonyl (C=O) groups is 1. The number of nitrogens with one attached hydrogen (secondary N) is 1. The van der Waals surface area contributed by atoms with E-state index in [-0.39, 0.29) is 5.91 Å². The van der Waals surface area contributed by atoms with Crippen LogP contribution in [0.5, 0.6) is 23.0 Å². The van der Waals surface area contributed by atoms with Gasteiger partial charge in [-0.25, -0.2) is 0 Å². The lowest BCUT2D eigenvalue weighted by Crippen LogP contribution is -2.16. The average molecular weight is 408 g/mol. The van der Waals surface area contributed by atoms with Crippen molar-refractivity contribution in [3.05, 3.63) is 40.4 Å². The van der Waals surface area contributed by atoms with Crippen LogP contribution in [0.3, 0.4) is 0 Å². The minimum Gasteiger partial charge on any atom is -0.492 e. The van der Waals surface area contributed by atoms with Crippen LogP contribution >= 0.6 is 15.9 Å². The molecule has 2 aromatic rings. The van der Waals surface area contributed by atoms with Crippen molar-refractivity contribution in [2.24, 2.45) is 0 Å². The van der Waals surface area contributed by atoms with E-state index in [1.807, 2.05) is 6.92 Å². The first-order valence-corrected chi connectivity index (χ1v) is 8.63. The summed E-state index contributed by atoms with van der Waals surface area (Å²) in [5.74, 6) is 2.09. The molecule has 3 rings (SSSR count). The molecule has 0 aromatic heterocycles. The van der Waals surface area contributed by atoms with E-state index in [4.69, 9.17) is 18.9 Å². The normalized spacial score (nSPS) is 12.4. The van der Waals surface area contributed by atoms with E-state index < -0.39 is 0 Å². The van der Waals surface area contributed by atoms with Gasteiger partial charge < -0.3 is 24.3 Å². The van der Waals surface area contributed by atoms with Gasteiger partial charge in [0, 0.05) is 17.3 Å². The number of anilines is 1. The molecule has 0 saturated carbocycles. The van der Waals surface area contributed by atoms with Gasteiger partial charge in [0.25, 0.3) is 5.91 Å². The number of methoxy groups -OCH3 is 1. The Hall–Kier alpha value is -2.41. The fourth-order valence-electron chi connectivity index (χ4n) is 2.48. The molecule has 6 nitrogen and oxygen atoms in total. The number of benzene rings is 2. The van der Waals surface area contributed by atoms with E-state index in [0.29, 0.717) is 58.5 Å². The second-order valence-corrected chi connectivity index (χ2v) is 6.09. The zero-order chi connectivity index (χ0) is 17.8. The van der Waals surface area contributed by atoms with Crippen molar-refractivity contribution in [2.45, 2.75) is 6.92 Å². The first-order chi connectivity index (χ1) is 12.1. The summed E-state index contributed by atoms with van der Waals surface area (Å²) in [6.45, 7) is 3.36. The molecule has 0 aliphatic carbocycles. The van der Waals surface area contributed by atoms with E-state index in [9.17, 15) is 4.79 Å². The van der Waals surface area contributed by atoms with Crippen molar-refractivity contribution in [3.63, 3.8) is 0 Å². The van der Waals surface area contributed by atoms with E-state index in [1.165, 1.54) is 0 Å². The third-order valence-corrected chi connectivity index (χ3v) is 4.16. The molecule has 2 aromatic carbocycles. The maximum absolute atomic E-state index is 12.6. The van der Waals surface area contributed by atoms with Gasteiger partial charge in [-0.3, -0.25) is 4.79 Å². The molecule has 7 heteroatoms. The highest BCUT2D eigenvalue weighted by atomic mass is 79.9. The minimum atomic E-state index is -0.263. The van der Waals surface area contributed by atoms with Crippen molar-refractivity contribution in [3.8, 4) is 23.0 Å². The molecule has 132 valence electrons. The Balaban J connectivity index is 1.83. The van der Waals surface area contributed by atoms with Crippen LogP contribution in [0.2, 0.25) is 0 Å². The van der Waals surface area contributed by atoms with Crippen molar-refractivity contribution in [2.75, 3.05) is 32.2 Å². The number of hydrogen-bond acceptors (Lipinski definition) is 5. The van der Waals surface area contributed by atoms with E-state index in [1.54, 1.807) is 37.4 Å². The second kappa shape index (κ2) is 7.65. The summed E-state index contributed by atoms with van der Waals surface area (Å²) in [5, 5.41) is 2.85. The zero-order valence-electron chi connectivity index (χ0n) is 13.9. The SMILES string of the molecule is CCOc1cc(C(=O)Nc2ccc3c(c2)OCCO3)cc(Br)c1OC. The van der Waals surface area contributed by atoms with E-state index in [2.05, 4.69) is 21.2 Å². The highest BCUT2D eigenvalue weighted by Gasteiger charge is 2.17. The number of halogens is 1. The Kier molecular flexibility index (Phi) is 5.33. The van der Waals surface area contributed by atoms with Gasteiger partial charge in [-0.05, 0) is 47.1 Å². The summed E-state index contributed by atoms with van der Waals surface area (Å²) in [4.78, 5) is 12.6. The number of amides is 1. The summed E-state index contributed by atoms with van der Waals surface area (Å²) in [7, 11) is 1.55.